The van der Waals surface area contributed by atoms with Gasteiger partial charge in [-0.25, -0.2) is 0 Å². The minimum atomic E-state index is 0.458. The first-order valence-corrected chi connectivity index (χ1v) is 5.27. The van der Waals surface area contributed by atoms with E-state index in [1.54, 1.807) is 0 Å². The van der Waals surface area contributed by atoms with Crippen LogP contribution in [-0.2, 0) is 0 Å². The molecule has 1 heterocycles. The summed E-state index contributed by atoms with van der Waals surface area (Å²) in [6.45, 7) is 9.59. The van der Waals surface area contributed by atoms with Gasteiger partial charge in [0.15, 0.2) is 0 Å². The summed E-state index contributed by atoms with van der Waals surface area (Å²) in [5, 5.41) is 3.48. The number of nitrogens with zero attached hydrogens (tertiary/aromatic N) is 1. The number of hydrogen-bond donors (Lipinski definition) is 1. The maximum absolute atomic E-state index is 3.77. The van der Waals surface area contributed by atoms with Crippen molar-refractivity contribution in [2.24, 2.45) is 5.92 Å². The Hall–Kier alpha value is -0.340. The molecule has 0 spiro atoms. The van der Waals surface area contributed by atoms with Crippen molar-refractivity contribution < 1.29 is 0 Å². The molecule has 2 nitrogen and oxygen atoms in total. The van der Waals surface area contributed by atoms with Gasteiger partial charge in [-0.2, -0.15) is 0 Å². The van der Waals surface area contributed by atoms with Crippen molar-refractivity contribution >= 4 is 0 Å². The van der Waals surface area contributed by atoms with E-state index in [4.69, 9.17) is 0 Å². The highest BCUT2D eigenvalue weighted by molar-refractivity contribution is 4.82. The molecule has 1 aliphatic heterocycles. The van der Waals surface area contributed by atoms with E-state index in [0.717, 1.165) is 12.5 Å². The van der Waals surface area contributed by atoms with Crippen LogP contribution < -0.4 is 5.32 Å². The maximum atomic E-state index is 3.77. The van der Waals surface area contributed by atoms with Gasteiger partial charge in [0.25, 0.3) is 0 Å². The Morgan fingerprint density at radius 2 is 2.15 bits per heavy atom. The third-order valence-electron chi connectivity index (χ3n) is 2.92. The second-order valence-corrected chi connectivity index (χ2v) is 4.18. The van der Waals surface area contributed by atoms with Crippen LogP contribution in [0.2, 0.25) is 0 Å². The first kappa shape index (κ1) is 10.7. The van der Waals surface area contributed by atoms with Gasteiger partial charge >= 0.3 is 0 Å². The summed E-state index contributed by atoms with van der Waals surface area (Å²) in [4.78, 5) is 2.41. The summed E-state index contributed by atoms with van der Waals surface area (Å²) in [6, 6.07) is 0.458. The molecule has 0 aromatic carbocycles. The van der Waals surface area contributed by atoms with Gasteiger partial charge in [-0.3, -0.25) is 0 Å². The molecular weight excluding hydrogens is 160 g/mol. The van der Waals surface area contributed by atoms with Crippen molar-refractivity contribution in [2.75, 3.05) is 26.7 Å². The molecule has 0 aromatic rings. The monoisotopic (exact) mass is 182 g/mol. The molecule has 0 amide bonds. The van der Waals surface area contributed by atoms with Crippen LogP contribution in [0.5, 0.6) is 0 Å². The Balaban J connectivity index is 2.12. The van der Waals surface area contributed by atoms with E-state index in [0.29, 0.717) is 6.04 Å². The van der Waals surface area contributed by atoms with Crippen molar-refractivity contribution in [2.45, 2.75) is 25.8 Å². The average Bonchev–Trinajstić information content (AvgIpc) is 2.16. The molecule has 1 atom stereocenters. The van der Waals surface area contributed by atoms with Gasteiger partial charge in [0.1, 0.15) is 0 Å². The molecule has 1 N–H and O–H groups in total. The van der Waals surface area contributed by atoms with Crippen LogP contribution in [0.4, 0.5) is 0 Å². The standard InChI is InChI=1S/C11H22N2/c1-4-10(2)12-9-11-5-7-13(3)8-6-11/h4,10-12H,1,5-9H2,2-3H3. The van der Waals surface area contributed by atoms with Gasteiger partial charge in [-0.1, -0.05) is 6.08 Å². The van der Waals surface area contributed by atoms with Gasteiger partial charge < -0.3 is 10.2 Å². The van der Waals surface area contributed by atoms with Gasteiger partial charge in [-0.15, -0.1) is 6.58 Å². The first-order chi connectivity index (χ1) is 6.22. The zero-order chi connectivity index (χ0) is 9.68. The fraction of sp³-hybridized carbons (Fsp3) is 0.818. The molecule has 13 heavy (non-hydrogen) atoms. The average molecular weight is 182 g/mol. The van der Waals surface area contributed by atoms with Crippen LogP contribution in [0.15, 0.2) is 12.7 Å². The van der Waals surface area contributed by atoms with Crippen molar-refractivity contribution in [3.8, 4) is 0 Å². The van der Waals surface area contributed by atoms with Crippen LogP contribution >= 0.6 is 0 Å². The molecule has 2 heteroatoms. The minimum absolute atomic E-state index is 0.458. The lowest BCUT2D eigenvalue weighted by atomic mass is 9.97. The van der Waals surface area contributed by atoms with Crippen LogP contribution in [-0.4, -0.2) is 37.6 Å². The molecule has 1 fully saturated rings. The maximum Gasteiger partial charge on any atom is 0.0219 e. The van der Waals surface area contributed by atoms with E-state index in [2.05, 4.69) is 30.8 Å². The number of piperidine rings is 1. The lowest BCUT2D eigenvalue weighted by molar-refractivity contribution is 0.215. The van der Waals surface area contributed by atoms with Crippen LogP contribution in [0.3, 0.4) is 0 Å². The van der Waals surface area contributed by atoms with Crippen molar-refractivity contribution in [3.63, 3.8) is 0 Å². The highest BCUT2D eigenvalue weighted by Crippen LogP contribution is 2.14. The third-order valence-corrected chi connectivity index (χ3v) is 2.92. The summed E-state index contributed by atoms with van der Waals surface area (Å²) in [5.41, 5.74) is 0. The van der Waals surface area contributed by atoms with E-state index in [1.807, 2.05) is 6.08 Å². The third kappa shape index (κ3) is 3.92. The molecule has 0 aliphatic carbocycles. The molecule has 1 rings (SSSR count). The van der Waals surface area contributed by atoms with Crippen LogP contribution in [0.1, 0.15) is 19.8 Å². The molecule has 0 radical (unpaired) electrons. The van der Waals surface area contributed by atoms with E-state index >= 15 is 0 Å². The summed E-state index contributed by atoms with van der Waals surface area (Å²) in [5.74, 6) is 0.874. The SMILES string of the molecule is C=CC(C)NCC1CCN(C)CC1. The number of hydrogen-bond acceptors (Lipinski definition) is 2. The lowest BCUT2D eigenvalue weighted by Gasteiger charge is -2.29. The Morgan fingerprint density at radius 1 is 1.54 bits per heavy atom. The van der Waals surface area contributed by atoms with Gasteiger partial charge in [-0.05, 0) is 52.4 Å². The summed E-state index contributed by atoms with van der Waals surface area (Å²) < 4.78 is 0. The largest absolute Gasteiger partial charge is 0.311 e. The molecule has 0 saturated carbocycles. The summed E-state index contributed by atoms with van der Waals surface area (Å²) in [7, 11) is 2.20. The highest BCUT2D eigenvalue weighted by atomic mass is 15.1. The van der Waals surface area contributed by atoms with Crippen LogP contribution in [0, 0.1) is 5.92 Å². The molecule has 1 aliphatic rings. The Bertz CT molecular complexity index is 148. The number of likely N-dealkylation sites (tertiary alicyclic amines) is 1. The smallest absolute Gasteiger partial charge is 0.0219 e. The second kappa shape index (κ2) is 5.40. The topological polar surface area (TPSA) is 15.3 Å². The van der Waals surface area contributed by atoms with Crippen LogP contribution in [0.25, 0.3) is 0 Å². The molecule has 0 aromatic heterocycles. The van der Waals surface area contributed by atoms with E-state index in [9.17, 15) is 0 Å². The quantitative estimate of drug-likeness (QED) is 0.663. The number of rotatable bonds is 4. The summed E-state index contributed by atoms with van der Waals surface area (Å²) >= 11 is 0. The van der Waals surface area contributed by atoms with Crippen molar-refractivity contribution in [1.29, 1.82) is 0 Å². The lowest BCUT2D eigenvalue weighted by Crippen LogP contribution is -2.37. The van der Waals surface area contributed by atoms with Crippen molar-refractivity contribution in [1.82, 2.24) is 10.2 Å². The fourth-order valence-corrected chi connectivity index (χ4v) is 1.70. The normalized spacial score (nSPS) is 22.9. The van der Waals surface area contributed by atoms with Gasteiger partial charge in [0, 0.05) is 6.04 Å². The summed E-state index contributed by atoms with van der Waals surface area (Å²) in [6.07, 6.45) is 4.65. The van der Waals surface area contributed by atoms with Crippen molar-refractivity contribution in [3.05, 3.63) is 12.7 Å². The second-order valence-electron chi connectivity index (χ2n) is 4.18. The minimum Gasteiger partial charge on any atom is -0.311 e. The van der Waals surface area contributed by atoms with E-state index in [1.165, 1.54) is 25.9 Å². The van der Waals surface area contributed by atoms with Gasteiger partial charge in [0.05, 0.1) is 0 Å². The number of nitrogens with one attached hydrogen (secondary N) is 1. The fourth-order valence-electron chi connectivity index (χ4n) is 1.70. The van der Waals surface area contributed by atoms with E-state index < -0.39 is 0 Å². The highest BCUT2D eigenvalue weighted by Gasteiger charge is 2.16. The Labute approximate surface area is 82.0 Å². The zero-order valence-electron chi connectivity index (χ0n) is 8.92. The predicted molar refractivity (Wildman–Crippen MR) is 57.9 cm³/mol. The molecule has 1 saturated heterocycles. The first-order valence-electron chi connectivity index (χ1n) is 5.27. The Morgan fingerprint density at radius 3 is 2.69 bits per heavy atom. The van der Waals surface area contributed by atoms with E-state index in [-0.39, 0.29) is 0 Å². The predicted octanol–water partition coefficient (Wildman–Crippen LogP) is 1.49. The van der Waals surface area contributed by atoms with Gasteiger partial charge in [0.2, 0.25) is 0 Å². The zero-order valence-corrected chi connectivity index (χ0v) is 8.92. The molecular formula is C11H22N2. The molecule has 0 bridgehead atoms. The molecule has 76 valence electrons. The molecule has 1 unspecified atom stereocenters. The Kier molecular flexibility index (Phi) is 4.46.